The highest BCUT2D eigenvalue weighted by atomic mass is 16.5. The van der Waals surface area contributed by atoms with Crippen molar-refractivity contribution < 1.29 is 4.79 Å². The molecular formula is C28H26N3O2-. The van der Waals surface area contributed by atoms with Crippen LogP contribution in [0, 0.1) is 5.21 Å². The molecular weight excluding hydrogens is 410 g/mol. The summed E-state index contributed by atoms with van der Waals surface area (Å²) in [6.45, 7) is 2.56. The van der Waals surface area contributed by atoms with Gasteiger partial charge in [-0.1, -0.05) is 60.7 Å². The summed E-state index contributed by atoms with van der Waals surface area (Å²) in [5, 5.41) is 13.8. The van der Waals surface area contributed by atoms with E-state index < -0.39 is 12.1 Å². The van der Waals surface area contributed by atoms with E-state index in [-0.39, 0.29) is 0 Å². The monoisotopic (exact) mass is 436 g/mol. The maximum Gasteiger partial charge on any atom is 0.244 e. The lowest BCUT2D eigenvalue weighted by Crippen LogP contribution is -2.47. The second-order valence-electron chi connectivity index (χ2n) is 8.48. The standard InChI is InChI=1S/C28H26N3O2/c1-20(31(33)28(32)23-15-17-29-18-16-23)30-19-7-6-12-26(30)27-24-10-4-2-8-21(24)13-14-22-9-3-5-11-25(22)27/h2-5,8-11,13-18,20H,6-7,12,19H2,1H3/q-1. The van der Waals surface area contributed by atoms with Gasteiger partial charge < -0.3 is 15.2 Å². The van der Waals surface area contributed by atoms with Gasteiger partial charge in [-0.05, 0) is 60.6 Å². The molecule has 5 nitrogen and oxygen atoms in total. The van der Waals surface area contributed by atoms with Gasteiger partial charge in [-0.25, -0.2) is 0 Å². The molecule has 166 valence electrons. The molecule has 1 amide bonds. The van der Waals surface area contributed by atoms with Crippen LogP contribution in [0.5, 0.6) is 0 Å². The van der Waals surface area contributed by atoms with Crippen LogP contribution < -0.4 is 0 Å². The number of hydrogen-bond donors (Lipinski definition) is 0. The number of pyridine rings is 1. The highest BCUT2D eigenvalue weighted by Crippen LogP contribution is 2.40. The lowest BCUT2D eigenvalue weighted by molar-refractivity contribution is 0.0585. The number of benzene rings is 2. The van der Waals surface area contributed by atoms with Gasteiger partial charge in [-0.15, -0.1) is 0 Å². The molecule has 0 bridgehead atoms. The Morgan fingerprint density at radius 1 is 0.939 bits per heavy atom. The van der Waals surface area contributed by atoms with Crippen LogP contribution in [0.15, 0.2) is 78.8 Å². The van der Waals surface area contributed by atoms with Gasteiger partial charge in [0, 0.05) is 35.8 Å². The lowest BCUT2D eigenvalue weighted by atomic mass is 9.88. The van der Waals surface area contributed by atoms with Crippen LogP contribution in [0.3, 0.4) is 0 Å². The maximum absolute atomic E-state index is 13.2. The third-order valence-corrected chi connectivity index (χ3v) is 6.52. The predicted molar refractivity (Wildman–Crippen MR) is 132 cm³/mol. The Labute approximate surface area is 194 Å². The highest BCUT2D eigenvalue weighted by molar-refractivity contribution is 5.95. The minimum atomic E-state index is -0.621. The first-order valence-corrected chi connectivity index (χ1v) is 11.4. The minimum Gasteiger partial charge on any atom is -0.755 e. The number of piperidine rings is 1. The molecule has 1 atom stereocenters. The zero-order chi connectivity index (χ0) is 22.8. The van der Waals surface area contributed by atoms with E-state index in [1.165, 1.54) is 12.4 Å². The average molecular weight is 437 g/mol. The molecule has 2 heterocycles. The predicted octanol–water partition coefficient (Wildman–Crippen LogP) is 5.80. The van der Waals surface area contributed by atoms with Crippen molar-refractivity contribution >= 4 is 23.6 Å². The first kappa shape index (κ1) is 21.2. The molecule has 33 heavy (non-hydrogen) atoms. The van der Waals surface area contributed by atoms with E-state index >= 15 is 0 Å². The molecule has 1 aliphatic carbocycles. The van der Waals surface area contributed by atoms with Gasteiger partial charge in [-0.2, -0.15) is 0 Å². The van der Waals surface area contributed by atoms with E-state index in [4.69, 9.17) is 0 Å². The SMILES string of the molecule is CC(N([O-])C(=O)c1ccncc1)N1CCCCC1=C1c2ccccc2C=Cc2ccccc21. The third-order valence-electron chi connectivity index (χ3n) is 6.52. The zero-order valence-corrected chi connectivity index (χ0v) is 18.6. The normalized spacial score (nSPS) is 16.0. The molecule has 1 unspecified atom stereocenters. The smallest absolute Gasteiger partial charge is 0.244 e. The molecule has 1 aromatic heterocycles. The summed E-state index contributed by atoms with van der Waals surface area (Å²) in [5.41, 5.74) is 7.26. The number of hydrogen-bond acceptors (Lipinski definition) is 4. The van der Waals surface area contributed by atoms with Crippen LogP contribution in [0.1, 0.15) is 58.8 Å². The van der Waals surface area contributed by atoms with Crippen LogP contribution in [-0.4, -0.2) is 33.6 Å². The van der Waals surface area contributed by atoms with Crippen molar-refractivity contribution in [1.82, 2.24) is 14.9 Å². The lowest BCUT2D eigenvalue weighted by Gasteiger charge is -2.46. The van der Waals surface area contributed by atoms with E-state index in [1.54, 1.807) is 12.1 Å². The summed E-state index contributed by atoms with van der Waals surface area (Å²) in [5.74, 6) is -0.539. The molecule has 3 aromatic rings. The van der Waals surface area contributed by atoms with Gasteiger partial charge in [0.1, 0.15) is 0 Å². The fourth-order valence-electron chi connectivity index (χ4n) is 4.83. The Kier molecular flexibility index (Phi) is 5.80. The molecule has 0 saturated carbocycles. The fraction of sp³-hybridized carbons (Fsp3) is 0.214. The zero-order valence-electron chi connectivity index (χ0n) is 18.6. The summed E-state index contributed by atoms with van der Waals surface area (Å²) >= 11 is 0. The third kappa shape index (κ3) is 3.96. The van der Waals surface area contributed by atoms with Crippen LogP contribution in [-0.2, 0) is 0 Å². The van der Waals surface area contributed by atoms with Crippen LogP contribution in [0.4, 0.5) is 0 Å². The van der Waals surface area contributed by atoms with Gasteiger partial charge in [0.2, 0.25) is 5.91 Å². The van der Waals surface area contributed by atoms with Crippen molar-refractivity contribution in [3.8, 4) is 0 Å². The van der Waals surface area contributed by atoms with Crippen molar-refractivity contribution in [3.05, 3.63) is 112 Å². The second-order valence-corrected chi connectivity index (χ2v) is 8.48. The number of allylic oxidation sites excluding steroid dienone is 1. The maximum atomic E-state index is 13.2. The first-order valence-electron chi connectivity index (χ1n) is 11.4. The Morgan fingerprint density at radius 3 is 2.18 bits per heavy atom. The number of nitrogens with zero attached hydrogens (tertiary/aromatic N) is 3. The van der Waals surface area contributed by atoms with Crippen molar-refractivity contribution in [2.24, 2.45) is 0 Å². The number of likely N-dealkylation sites (tertiary alicyclic amines) is 1. The number of carbonyl (C=O) groups excluding carboxylic acids is 1. The molecule has 0 spiro atoms. The van der Waals surface area contributed by atoms with E-state index in [9.17, 15) is 10.0 Å². The molecule has 5 heteroatoms. The van der Waals surface area contributed by atoms with Crippen molar-refractivity contribution in [2.45, 2.75) is 32.4 Å². The second kappa shape index (κ2) is 9.04. The Morgan fingerprint density at radius 2 is 1.55 bits per heavy atom. The van der Waals surface area contributed by atoms with Gasteiger partial charge in [-0.3, -0.25) is 9.78 Å². The van der Waals surface area contributed by atoms with Crippen molar-refractivity contribution in [1.29, 1.82) is 0 Å². The topological polar surface area (TPSA) is 59.5 Å². The Balaban J connectivity index is 1.62. The summed E-state index contributed by atoms with van der Waals surface area (Å²) in [6.07, 6.45) is 9.66. The van der Waals surface area contributed by atoms with E-state index in [1.807, 2.05) is 6.92 Å². The molecule has 5 rings (SSSR count). The molecule has 1 aliphatic heterocycles. The Hall–Kier alpha value is -3.70. The molecule has 0 N–H and O–H groups in total. The summed E-state index contributed by atoms with van der Waals surface area (Å²) < 4.78 is 0. The number of aromatic nitrogens is 1. The van der Waals surface area contributed by atoms with E-state index in [2.05, 4.69) is 70.6 Å². The molecule has 1 fully saturated rings. The average Bonchev–Trinajstić information content (AvgIpc) is 3.05. The first-order chi connectivity index (χ1) is 16.1. The largest absolute Gasteiger partial charge is 0.755 e. The summed E-state index contributed by atoms with van der Waals surface area (Å²) in [7, 11) is 0. The molecule has 2 aliphatic rings. The molecule has 1 saturated heterocycles. The molecule has 2 aromatic carbocycles. The van der Waals surface area contributed by atoms with Gasteiger partial charge in [0.05, 0.1) is 6.17 Å². The van der Waals surface area contributed by atoms with Gasteiger partial charge >= 0.3 is 0 Å². The van der Waals surface area contributed by atoms with E-state index in [0.717, 1.165) is 59.3 Å². The van der Waals surface area contributed by atoms with Gasteiger partial charge in [0.15, 0.2) is 0 Å². The Bertz CT molecular complexity index is 1180. The van der Waals surface area contributed by atoms with E-state index in [0.29, 0.717) is 10.6 Å². The van der Waals surface area contributed by atoms with Crippen LogP contribution >= 0.6 is 0 Å². The fourth-order valence-corrected chi connectivity index (χ4v) is 4.83. The quantitative estimate of drug-likeness (QED) is 0.381. The summed E-state index contributed by atoms with van der Waals surface area (Å²) in [4.78, 5) is 19.0. The van der Waals surface area contributed by atoms with Crippen LogP contribution in [0.25, 0.3) is 17.7 Å². The highest BCUT2D eigenvalue weighted by Gasteiger charge is 2.29. The number of amides is 1. The van der Waals surface area contributed by atoms with Crippen molar-refractivity contribution in [2.75, 3.05) is 6.54 Å². The van der Waals surface area contributed by atoms with Crippen molar-refractivity contribution in [3.63, 3.8) is 0 Å². The minimum absolute atomic E-state index is 0.354. The molecule has 0 radical (unpaired) electrons. The summed E-state index contributed by atoms with van der Waals surface area (Å²) in [6, 6.07) is 19.9. The number of rotatable bonds is 3. The number of hydroxylamine groups is 2. The number of fused-ring (bicyclic) bond motifs is 2. The number of carbonyl (C=O) groups is 1. The van der Waals surface area contributed by atoms with Crippen LogP contribution in [0.2, 0.25) is 0 Å². The van der Waals surface area contributed by atoms with Gasteiger partial charge in [0.25, 0.3) is 0 Å².